The van der Waals surface area contributed by atoms with Crippen molar-refractivity contribution in [2.45, 2.75) is 13.3 Å². The molecule has 0 radical (unpaired) electrons. The maximum absolute atomic E-state index is 11.2. The zero-order valence-electron chi connectivity index (χ0n) is 6.54. The van der Waals surface area contributed by atoms with Gasteiger partial charge < -0.3 is 10.6 Å². The Labute approximate surface area is 65.3 Å². The molecule has 0 aromatic rings. The number of amides is 2. The van der Waals surface area contributed by atoms with Crippen molar-refractivity contribution >= 4 is 11.8 Å². The van der Waals surface area contributed by atoms with E-state index >= 15 is 0 Å². The highest BCUT2D eigenvalue weighted by molar-refractivity contribution is 6.00. The summed E-state index contributed by atoms with van der Waals surface area (Å²) in [6, 6.07) is 0. The fraction of sp³-hybridized carbons (Fsp3) is 0.714. The minimum absolute atomic E-state index is 0.111. The number of rotatable bonds is 2. The van der Waals surface area contributed by atoms with E-state index in [0.29, 0.717) is 19.5 Å². The van der Waals surface area contributed by atoms with Crippen molar-refractivity contribution in [3.63, 3.8) is 0 Å². The van der Waals surface area contributed by atoms with Gasteiger partial charge in [0.05, 0.1) is 0 Å². The van der Waals surface area contributed by atoms with Gasteiger partial charge in [0.2, 0.25) is 11.8 Å². The van der Waals surface area contributed by atoms with Crippen molar-refractivity contribution in [1.82, 2.24) is 4.90 Å². The average Bonchev–Trinajstić information content (AvgIpc) is 2.30. The molecule has 0 spiro atoms. The van der Waals surface area contributed by atoms with Crippen molar-refractivity contribution in [3.05, 3.63) is 0 Å². The van der Waals surface area contributed by atoms with Crippen LogP contribution >= 0.6 is 0 Å². The van der Waals surface area contributed by atoms with E-state index < -0.39 is 11.8 Å². The van der Waals surface area contributed by atoms with E-state index in [0.717, 1.165) is 0 Å². The Balaban J connectivity index is 2.63. The minimum atomic E-state index is -0.560. The van der Waals surface area contributed by atoms with Crippen molar-refractivity contribution < 1.29 is 9.59 Å². The van der Waals surface area contributed by atoms with Crippen LogP contribution in [0.2, 0.25) is 0 Å². The highest BCUT2D eigenvalue weighted by Gasteiger charge is 2.34. The lowest BCUT2D eigenvalue weighted by molar-refractivity contribution is -0.136. The molecular formula is C7H12N2O2. The molecule has 11 heavy (non-hydrogen) atoms. The van der Waals surface area contributed by atoms with Gasteiger partial charge in [-0.05, 0) is 13.3 Å². The minimum Gasteiger partial charge on any atom is -0.369 e. The number of carbonyl (C=O) groups is 2. The van der Waals surface area contributed by atoms with Crippen LogP contribution in [0.4, 0.5) is 0 Å². The molecular weight excluding hydrogens is 144 g/mol. The van der Waals surface area contributed by atoms with Crippen LogP contribution in [0.15, 0.2) is 0 Å². The van der Waals surface area contributed by atoms with E-state index in [2.05, 4.69) is 0 Å². The number of hydrogen-bond acceptors (Lipinski definition) is 2. The first-order valence-electron chi connectivity index (χ1n) is 3.75. The summed E-state index contributed by atoms with van der Waals surface area (Å²) in [5.74, 6) is -1.17. The highest BCUT2D eigenvalue weighted by Crippen LogP contribution is 2.16. The molecule has 1 aliphatic heterocycles. The molecule has 0 aliphatic carbocycles. The van der Waals surface area contributed by atoms with E-state index in [4.69, 9.17) is 5.73 Å². The monoisotopic (exact) mass is 156 g/mol. The summed E-state index contributed by atoms with van der Waals surface area (Å²) < 4.78 is 0. The molecule has 1 atom stereocenters. The molecule has 1 unspecified atom stereocenters. The third kappa shape index (κ3) is 1.34. The number of nitrogens with zero attached hydrogens (tertiary/aromatic N) is 1. The van der Waals surface area contributed by atoms with Crippen LogP contribution in [0.3, 0.4) is 0 Å². The maximum atomic E-state index is 11.2. The van der Waals surface area contributed by atoms with Crippen LogP contribution in [-0.2, 0) is 9.59 Å². The highest BCUT2D eigenvalue weighted by atomic mass is 16.2. The summed E-state index contributed by atoms with van der Waals surface area (Å²) in [5, 5.41) is 0. The van der Waals surface area contributed by atoms with E-state index in [9.17, 15) is 9.59 Å². The normalized spacial score (nSPS) is 24.3. The lowest BCUT2D eigenvalue weighted by atomic mass is 10.1. The van der Waals surface area contributed by atoms with Crippen LogP contribution in [-0.4, -0.2) is 29.8 Å². The van der Waals surface area contributed by atoms with Gasteiger partial charge in [0.25, 0.3) is 0 Å². The Bertz CT molecular complexity index is 191. The number of likely N-dealkylation sites (tertiary alicyclic amines) is 1. The summed E-state index contributed by atoms with van der Waals surface area (Å²) in [4.78, 5) is 23.5. The lowest BCUT2D eigenvalue weighted by Gasteiger charge is -2.11. The molecule has 1 saturated heterocycles. The smallest absolute Gasteiger partial charge is 0.235 e. The van der Waals surface area contributed by atoms with E-state index in [-0.39, 0.29) is 5.91 Å². The molecule has 1 heterocycles. The zero-order valence-corrected chi connectivity index (χ0v) is 6.54. The number of carbonyl (C=O) groups excluding carboxylic acids is 2. The van der Waals surface area contributed by atoms with Gasteiger partial charge >= 0.3 is 0 Å². The number of nitrogens with two attached hydrogens (primary N) is 1. The van der Waals surface area contributed by atoms with Crippen LogP contribution in [0.5, 0.6) is 0 Å². The molecule has 4 heteroatoms. The Morgan fingerprint density at radius 2 is 2.45 bits per heavy atom. The standard InChI is InChI=1S/C7H12N2O2/c1-2-9-4-3-5(6(8)10)7(9)11/h5H,2-4H2,1H3,(H2,8,10). The summed E-state index contributed by atoms with van der Waals surface area (Å²) in [6.07, 6.45) is 0.585. The molecule has 1 fully saturated rings. The second-order valence-electron chi connectivity index (χ2n) is 2.66. The van der Waals surface area contributed by atoms with Gasteiger partial charge in [0, 0.05) is 13.1 Å². The lowest BCUT2D eigenvalue weighted by Crippen LogP contribution is -2.33. The van der Waals surface area contributed by atoms with Gasteiger partial charge in [-0.1, -0.05) is 0 Å². The average molecular weight is 156 g/mol. The van der Waals surface area contributed by atoms with Crippen molar-refractivity contribution in [3.8, 4) is 0 Å². The van der Waals surface area contributed by atoms with Gasteiger partial charge in [0.1, 0.15) is 5.92 Å². The Hall–Kier alpha value is -1.06. The SMILES string of the molecule is CCN1CCC(C(N)=O)C1=O. The zero-order chi connectivity index (χ0) is 8.43. The van der Waals surface area contributed by atoms with Crippen LogP contribution in [0.1, 0.15) is 13.3 Å². The first-order chi connectivity index (χ1) is 5.16. The topological polar surface area (TPSA) is 63.4 Å². The second kappa shape index (κ2) is 2.90. The third-order valence-corrected chi connectivity index (χ3v) is 2.02. The third-order valence-electron chi connectivity index (χ3n) is 2.02. The molecule has 4 nitrogen and oxygen atoms in total. The molecule has 0 saturated carbocycles. The van der Waals surface area contributed by atoms with Gasteiger partial charge in [-0.15, -0.1) is 0 Å². The van der Waals surface area contributed by atoms with E-state index in [1.54, 1.807) is 4.90 Å². The van der Waals surface area contributed by atoms with Crippen LogP contribution < -0.4 is 5.73 Å². The molecule has 0 aromatic carbocycles. The Morgan fingerprint density at radius 1 is 1.82 bits per heavy atom. The molecule has 62 valence electrons. The summed E-state index contributed by atoms with van der Waals surface area (Å²) in [7, 11) is 0. The summed E-state index contributed by atoms with van der Waals surface area (Å²) >= 11 is 0. The molecule has 1 rings (SSSR count). The summed E-state index contributed by atoms with van der Waals surface area (Å²) in [5.41, 5.74) is 5.02. The van der Waals surface area contributed by atoms with Crippen molar-refractivity contribution in [2.24, 2.45) is 11.7 Å². The van der Waals surface area contributed by atoms with Crippen molar-refractivity contribution in [1.29, 1.82) is 0 Å². The van der Waals surface area contributed by atoms with Gasteiger partial charge in [0.15, 0.2) is 0 Å². The molecule has 1 aliphatic rings. The molecule has 2 amide bonds. The fourth-order valence-electron chi connectivity index (χ4n) is 1.32. The first kappa shape index (κ1) is 8.04. The Kier molecular flexibility index (Phi) is 2.12. The largest absolute Gasteiger partial charge is 0.369 e. The number of hydrogen-bond donors (Lipinski definition) is 1. The van der Waals surface area contributed by atoms with Crippen LogP contribution in [0.25, 0.3) is 0 Å². The van der Waals surface area contributed by atoms with Gasteiger partial charge in [-0.3, -0.25) is 9.59 Å². The molecule has 2 N–H and O–H groups in total. The molecule has 0 aromatic heterocycles. The van der Waals surface area contributed by atoms with Crippen LogP contribution in [0, 0.1) is 5.92 Å². The van der Waals surface area contributed by atoms with Gasteiger partial charge in [-0.25, -0.2) is 0 Å². The first-order valence-corrected chi connectivity index (χ1v) is 3.75. The fourth-order valence-corrected chi connectivity index (χ4v) is 1.32. The van der Waals surface area contributed by atoms with E-state index in [1.807, 2.05) is 6.92 Å². The van der Waals surface area contributed by atoms with Crippen molar-refractivity contribution in [2.75, 3.05) is 13.1 Å². The maximum Gasteiger partial charge on any atom is 0.235 e. The molecule has 0 bridgehead atoms. The van der Waals surface area contributed by atoms with Gasteiger partial charge in [-0.2, -0.15) is 0 Å². The van der Waals surface area contributed by atoms with E-state index in [1.165, 1.54) is 0 Å². The number of primary amides is 1. The second-order valence-corrected chi connectivity index (χ2v) is 2.66. The Morgan fingerprint density at radius 3 is 2.73 bits per heavy atom. The summed E-state index contributed by atoms with van der Waals surface area (Å²) in [6.45, 7) is 3.23. The predicted octanol–water partition coefficient (Wildman–Crippen LogP) is -0.660. The quantitative estimate of drug-likeness (QED) is 0.539. The predicted molar refractivity (Wildman–Crippen MR) is 39.6 cm³/mol.